The lowest BCUT2D eigenvalue weighted by Gasteiger charge is -2.40. The second-order valence-electron chi connectivity index (χ2n) is 15.5. The normalized spacial score (nSPS) is 20.3. The minimum atomic E-state index is -0.922. The zero-order valence-electron chi connectivity index (χ0n) is 31.8. The molecule has 1 fully saturated rings. The van der Waals surface area contributed by atoms with Crippen molar-refractivity contribution in [3.63, 3.8) is 0 Å². The Morgan fingerprint density at radius 3 is 2.14 bits per heavy atom. The summed E-state index contributed by atoms with van der Waals surface area (Å²) in [5.74, 6) is 2.55. The number of methoxy groups -OCH3 is 1. The van der Waals surface area contributed by atoms with E-state index in [2.05, 4.69) is 152 Å². The van der Waals surface area contributed by atoms with Gasteiger partial charge >= 0.3 is 0 Å². The van der Waals surface area contributed by atoms with Crippen LogP contribution in [0.5, 0.6) is 17.2 Å². The number of hydrogen-bond donors (Lipinski definition) is 0. The number of anilines is 1. The molecular weight excluding hydrogens is 691 g/mol. The van der Waals surface area contributed by atoms with Gasteiger partial charge in [-0.3, -0.25) is 0 Å². The van der Waals surface area contributed by atoms with E-state index in [1.165, 1.54) is 27.9 Å². The van der Waals surface area contributed by atoms with Gasteiger partial charge in [0.1, 0.15) is 17.2 Å². The van der Waals surface area contributed by atoms with E-state index in [0.717, 1.165) is 98.5 Å². The van der Waals surface area contributed by atoms with E-state index < -0.39 is 11.2 Å². The number of benzene rings is 7. The van der Waals surface area contributed by atoms with Crippen molar-refractivity contribution in [3.05, 3.63) is 178 Å². The summed E-state index contributed by atoms with van der Waals surface area (Å²) in [5.41, 5.74) is 10.6. The Morgan fingerprint density at radius 1 is 0.625 bits per heavy atom. The fourth-order valence-corrected chi connectivity index (χ4v) is 9.48. The minimum Gasteiger partial charge on any atom is -0.497 e. The fourth-order valence-electron chi connectivity index (χ4n) is 9.48. The van der Waals surface area contributed by atoms with E-state index in [-0.39, 0.29) is 0 Å². The van der Waals surface area contributed by atoms with Gasteiger partial charge in [0.15, 0.2) is 11.2 Å². The molecule has 1 saturated heterocycles. The molecule has 0 saturated carbocycles. The first-order chi connectivity index (χ1) is 27.5. The average Bonchev–Trinajstić information content (AvgIpc) is 3.52. The van der Waals surface area contributed by atoms with Crippen LogP contribution in [0.2, 0.25) is 0 Å². The van der Waals surface area contributed by atoms with Crippen LogP contribution in [-0.4, -0.2) is 33.4 Å². The molecule has 0 aromatic heterocycles. The zero-order chi connectivity index (χ0) is 37.6. The van der Waals surface area contributed by atoms with Crippen molar-refractivity contribution in [3.8, 4) is 28.4 Å². The van der Waals surface area contributed by atoms with Crippen LogP contribution in [0.3, 0.4) is 0 Å². The molecule has 5 nitrogen and oxygen atoms in total. The highest BCUT2D eigenvalue weighted by Crippen LogP contribution is 2.61. The van der Waals surface area contributed by atoms with Crippen LogP contribution in [0, 0.1) is 13.8 Å². The Hall–Kier alpha value is -6.30. The van der Waals surface area contributed by atoms with Crippen molar-refractivity contribution in [2.24, 2.45) is 0 Å². The van der Waals surface area contributed by atoms with E-state index in [4.69, 9.17) is 18.9 Å². The highest BCUT2D eigenvalue weighted by molar-refractivity contribution is 6.09. The molecule has 0 amide bonds. The largest absolute Gasteiger partial charge is 0.497 e. The molecule has 2 unspecified atom stereocenters. The van der Waals surface area contributed by atoms with Crippen molar-refractivity contribution in [2.45, 2.75) is 25.0 Å². The third kappa shape index (κ3) is 4.77. The minimum absolute atomic E-state index is 0.739. The summed E-state index contributed by atoms with van der Waals surface area (Å²) >= 11 is 0. The van der Waals surface area contributed by atoms with Gasteiger partial charge in [0.25, 0.3) is 0 Å². The van der Waals surface area contributed by atoms with Gasteiger partial charge in [-0.15, -0.1) is 0 Å². The molecule has 0 bridgehead atoms. The number of aryl methyl sites for hydroxylation is 2. The van der Waals surface area contributed by atoms with Crippen LogP contribution in [0.1, 0.15) is 44.5 Å². The third-order valence-corrected chi connectivity index (χ3v) is 12.3. The molecule has 5 heteroatoms. The summed E-state index contributed by atoms with van der Waals surface area (Å²) in [7, 11) is 1.70. The van der Waals surface area contributed by atoms with E-state index in [1.54, 1.807) is 7.11 Å². The first-order valence-electron chi connectivity index (χ1n) is 19.5. The van der Waals surface area contributed by atoms with Crippen LogP contribution in [0.15, 0.2) is 133 Å². The van der Waals surface area contributed by atoms with Crippen molar-refractivity contribution in [2.75, 3.05) is 38.3 Å². The summed E-state index contributed by atoms with van der Waals surface area (Å²) in [6, 6.07) is 43.6. The second-order valence-corrected chi connectivity index (χ2v) is 15.5. The highest BCUT2D eigenvalue weighted by atomic mass is 16.5. The van der Waals surface area contributed by atoms with Gasteiger partial charge in [0, 0.05) is 62.9 Å². The summed E-state index contributed by atoms with van der Waals surface area (Å²) < 4.78 is 26.5. The van der Waals surface area contributed by atoms with Gasteiger partial charge in [0.2, 0.25) is 0 Å². The average molecular weight is 732 g/mol. The molecule has 2 atom stereocenters. The summed E-state index contributed by atoms with van der Waals surface area (Å²) in [6.07, 6.45) is 9.08. The second kappa shape index (κ2) is 12.4. The predicted octanol–water partition coefficient (Wildman–Crippen LogP) is 11.1. The van der Waals surface area contributed by atoms with Gasteiger partial charge in [-0.1, -0.05) is 114 Å². The first-order valence-corrected chi connectivity index (χ1v) is 19.5. The van der Waals surface area contributed by atoms with Crippen molar-refractivity contribution >= 4 is 39.4 Å². The highest BCUT2D eigenvalue weighted by Gasteiger charge is 2.50. The maximum Gasteiger partial charge on any atom is 0.180 e. The molecule has 56 heavy (non-hydrogen) atoms. The summed E-state index contributed by atoms with van der Waals surface area (Å²) in [4.78, 5) is 2.39. The third-order valence-electron chi connectivity index (χ3n) is 12.3. The lowest BCUT2D eigenvalue weighted by Crippen LogP contribution is -2.37. The number of nitrogens with zero attached hydrogens (tertiary/aromatic N) is 1. The smallest absolute Gasteiger partial charge is 0.180 e. The van der Waals surface area contributed by atoms with E-state index >= 15 is 0 Å². The molecule has 3 aliphatic heterocycles. The molecular formula is C51H41NO4. The number of hydrogen-bond acceptors (Lipinski definition) is 5. The molecule has 0 N–H and O–H groups in total. The Bertz CT molecular complexity index is 2790. The maximum absolute atomic E-state index is 7.70. The van der Waals surface area contributed by atoms with Crippen LogP contribution in [0.4, 0.5) is 5.69 Å². The van der Waals surface area contributed by atoms with Crippen molar-refractivity contribution in [1.29, 1.82) is 0 Å². The van der Waals surface area contributed by atoms with E-state index in [9.17, 15) is 0 Å². The van der Waals surface area contributed by atoms with Gasteiger partial charge in [-0.2, -0.15) is 0 Å². The zero-order valence-corrected chi connectivity index (χ0v) is 31.8. The summed E-state index contributed by atoms with van der Waals surface area (Å²) in [6.45, 7) is 7.56. The molecule has 7 aromatic carbocycles. The van der Waals surface area contributed by atoms with Crippen LogP contribution < -0.4 is 19.1 Å². The number of fused-ring (bicyclic) bond motifs is 13. The van der Waals surface area contributed by atoms with Crippen LogP contribution >= 0.6 is 0 Å². The summed E-state index contributed by atoms with van der Waals surface area (Å²) in [5, 5.41) is 4.49. The standard InChI is InChI=1S/C51H41NO4/c1-32-8-20-41-44(30-32)49-43(23-25-50(56-49,37-14-18-39(53-3)19-15-37)36-12-16-38(17-13-36)52-26-28-54-29-27-52)47-46(41)42-21-9-33(2)31-45(42)51(47)24-22-35-11-10-34-6-4-5-7-40(34)48(35)55-51/h4-25,30-31H,26-29H2,1-3H3. The lowest BCUT2D eigenvalue weighted by atomic mass is 9.79. The first kappa shape index (κ1) is 33.1. The molecule has 7 aromatic rings. The molecule has 1 aliphatic carbocycles. The van der Waals surface area contributed by atoms with Crippen LogP contribution in [-0.2, 0) is 15.9 Å². The van der Waals surface area contributed by atoms with E-state index in [1.807, 2.05) is 12.1 Å². The monoisotopic (exact) mass is 731 g/mol. The maximum atomic E-state index is 7.70. The fraction of sp³-hybridized carbons (Fsp3) is 0.176. The van der Waals surface area contributed by atoms with E-state index in [0.29, 0.717) is 0 Å². The Kier molecular flexibility index (Phi) is 7.30. The Balaban J connectivity index is 1.17. The molecule has 4 aliphatic rings. The van der Waals surface area contributed by atoms with Crippen LogP contribution in [0.25, 0.3) is 44.8 Å². The molecule has 3 heterocycles. The van der Waals surface area contributed by atoms with Gasteiger partial charge < -0.3 is 23.8 Å². The molecule has 0 radical (unpaired) electrons. The Labute approximate surface area is 327 Å². The lowest BCUT2D eigenvalue weighted by molar-refractivity contribution is 0.122. The molecule has 11 rings (SSSR count). The van der Waals surface area contributed by atoms with Crippen molar-refractivity contribution in [1.82, 2.24) is 0 Å². The van der Waals surface area contributed by atoms with Gasteiger partial charge in [-0.25, -0.2) is 0 Å². The van der Waals surface area contributed by atoms with Gasteiger partial charge in [-0.05, 0) is 78.2 Å². The number of rotatable bonds is 4. The predicted molar refractivity (Wildman–Crippen MR) is 226 cm³/mol. The SMILES string of the molecule is COc1ccc(C2(c3ccc(N4CCOCC4)cc3)C=Cc3c4c(c5ccc(C)cc5c3O2)-c2ccc(C)cc2C42C=Cc3ccc4ccccc4c3O2)cc1. The quantitative estimate of drug-likeness (QED) is 0.180. The molecule has 1 spiro atoms. The topological polar surface area (TPSA) is 40.2 Å². The molecule has 274 valence electrons. The Morgan fingerprint density at radius 2 is 1.34 bits per heavy atom. The number of ether oxygens (including phenoxy) is 4. The van der Waals surface area contributed by atoms with Gasteiger partial charge in [0.05, 0.1) is 20.3 Å². The number of morpholine rings is 1. The van der Waals surface area contributed by atoms with Crippen molar-refractivity contribution < 1.29 is 18.9 Å².